The Hall–Kier alpha value is -15.3. The quantitative estimate of drug-likeness (QED) is 0.0165. The van der Waals surface area contributed by atoms with Gasteiger partial charge in [0.05, 0.1) is 24.9 Å². The van der Waals surface area contributed by atoms with E-state index < -0.39 is 5.41 Å². The van der Waals surface area contributed by atoms with Crippen LogP contribution in [-0.2, 0) is 46.8 Å². The third-order valence-electron chi connectivity index (χ3n) is 25.9. The topological polar surface area (TPSA) is 190 Å². The molecule has 16 aromatic carbocycles. The fraction of sp³-hybridized carbons (Fsp3) is 0.159. The molecule has 0 saturated carbocycles. The third kappa shape index (κ3) is 24.8. The second kappa shape index (κ2) is 48.4. The van der Waals surface area contributed by atoms with E-state index in [4.69, 9.17) is 43.9 Å². The van der Waals surface area contributed by atoms with Gasteiger partial charge in [0.25, 0.3) is 0 Å². The van der Waals surface area contributed by atoms with Gasteiger partial charge in [-0.05, 0) is 243 Å². The number of methoxy groups -OCH3 is 2. The van der Waals surface area contributed by atoms with Crippen molar-refractivity contribution >= 4 is 39.7 Å². The maximum Gasteiger partial charge on any atom is 0.142 e. The van der Waals surface area contributed by atoms with Crippen molar-refractivity contribution in [1.29, 1.82) is 0 Å². The van der Waals surface area contributed by atoms with Crippen molar-refractivity contribution in [3.63, 3.8) is 0 Å². The van der Waals surface area contributed by atoms with Gasteiger partial charge in [0.1, 0.15) is 5.75 Å². The van der Waals surface area contributed by atoms with E-state index in [-0.39, 0.29) is 23.0 Å². The maximum absolute atomic E-state index is 6.42. The summed E-state index contributed by atoms with van der Waals surface area (Å²) in [4.78, 5) is 2.14. The van der Waals surface area contributed by atoms with Crippen LogP contribution >= 0.6 is 0 Å². The van der Waals surface area contributed by atoms with Gasteiger partial charge in [-0.3, -0.25) is 0 Å². The second-order valence-electron chi connectivity index (χ2n) is 34.8. The summed E-state index contributed by atoms with van der Waals surface area (Å²) in [5.74, 6) is 0.662. The zero-order valence-electron chi connectivity index (χ0n) is 80.7. The first-order valence-electron chi connectivity index (χ1n) is 46.7. The van der Waals surface area contributed by atoms with Crippen molar-refractivity contribution < 1.29 is 9.47 Å². The van der Waals surface area contributed by atoms with Crippen LogP contribution in [0, 0.1) is 6.92 Å². The summed E-state index contributed by atoms with van der Waals surface area (Å²) in [6.07, 6.45) is 14.1. The Morgan fingerprint density at radius 2 is 0.772 bits per heavy atom. The highest BCUT2D eigenvalue weighted by Gasteiger charge is 2.37. The first kappa shape index (κ1) is 99.7. The molecule has 5 unspecified atom stereocenters. The number of nitrogens with one attached hydrogen (secondary N) is 1. The summed E-state index contributed by atoms with van der Waals surface area (Å²) in [6, 6.07) is 140. The van der Waals surface area contributed by atoms with Gasteiger partial charge >= 0.3 is 0 Å². The van der Waals surface area contributed by atoms with E-state index in [9.17, 15) is 0 Å². The molecule has 0 saturated heterocycles. The summed E-state index contributed by atoms with van der Waals surface area (Å²) in [5.41, 5.74) is 71.0. The zero-order valence-corrected chi connectivity index (χ0v) is 80.7. The fourth-order valence-corrected chi connectivity index (χ4v) is 17.5. The standard InChI is InChI=1S/C31H34N2.C30H32N2.C28H30N2O2.C25H24N2.2C6H6/c1-5-22-19-27(16-17-29(22)32)31(4,28-18-21(3)30(33)23(6-2)20-28)26-14-12-25(13-15-26)24-10-8-7-9-11-24;1-30(26-14-10-23(11-15-26)22-31-2,28-18-20-29(21-19-28)32(3)4)27-16-12-25(13-17-27)24-8-6-5-7-9-24;1-28(22-13-15-24(29)26(17-22)31-2,23-14-16-25(30)27(18-23)32-3)21-11-9-20(10-12-21)19-7-5-4-6-8-19;1-3-8-20(4-2)22-16-18(11-13-24(22)26)15-19-12-14-25(27)23(17-19)21-9-6-5-7-10-21;2*1-2-4-6-5-3-1/h7-20H,5-6,32-33H2,1-4H3;5-21,31H,22H2,1-4H3;4-18,24,26H,29-30H2,1-3H3;3-14,16-17H,1-2,15,26-27H2;2*1-6H/b;;;20-8+;;. The summed E-state index contributed by atoms with van der Waals surface area (Å²) >= 11 is 0. The average Bonchev–Trinajstić information content (AvgIpc) is 0.748. The first-order valence-corrected chi connectivity index (χ1v) is 46.7. The molecule has 688 valence electrons. The Labute approximate surface area is 808 Å². The van der Waals surface area contributed by atoms with E-state index in [1.807, 2.05) is 141 Å². The number of nitrogens with two attached hydrogens (primary N) is 6. The molecule has 0 aliphatic heterocycles. The van der Waals surface area contributed by atoms with Crippen molar-refractivity contribution in [1.82, 2.24) is 5.32 Å². The van der Waals surface area contributed by atoms with Crippen molar-refractivity contribution in [3.8, 4) is 50.3 Å². The lowest BCUT2D eigenvalue weighted by Gasteiger charge is -2.36. The predicted molar refractivity (Wildman–Crippen MR) is 583 cm³/mol. The highest BCUT2D eigenvalue weighted by atomic mass is 16.5. The van der Waals surface area contributed by atoms with Crippen LogP contribution in [0.1, 0.15) is 118 Å². The molecular formula is C126H132N8O2. The number of rotatable bonds is 25. The zero-order chi connectivity index (χ0) is 96.6. The van der Waals surface area contributed by atoms with E-state index in [1.54, 1.807) is 26.4 Å². The van der Waals surface area contributed by atoms with Crippen LogP contribution in [0.3, 0.4) is 0 Å². The molecule has 17 rings (SSSR count). The van der Waals surface area contributed by atoms with Crippen LogP contribution in [0.25, 0.3) is 50.1 Å². The van der Waals surface area contributed by atoms with Crippen LogP contribution in [0.15, 0.2) is 456 Å². The fourth-order valence-electron chi connectivity index (χ4n) is 17.5. The van der Waals surface area contributed by atoms with Gasteiger partial charge in [-0.25, -0.2) is 0 Å². The minimum absolute atomic E-state index is 0.172. The Kier molecular flexibility index (Phi) is 35.5. The number of hydrogen-bond donors (Lipinski definition) is 7. The molecule has 0 aromatic heterocycles. The number of benzene rings is 16. The Bertz CT molecular complexity index is 6500. The number of ether oxygens (including phenoxy) is 2. The summed E-state index contributed by atoms with van der Waals surface area (Å²) in [5, 5.41) is 3.24. The van der Waals surface area contributed by atoms with Gasteiger partial charge < -0.3 is 54.1 Å². The number of allylic oxidation sites excluding steroid dienone is 6. The summed E-state index contributed by atoms with van der Waals surface area (Å²) in [7, 11) is 9.48. The van der Waals surface area contributed by atoms with Gasteiger partial charge in [-0.15, -0.1) is 0 Å². The molecule has 0 spiro atoms. The van der Waals surface area contributed by atoms with Gasteiger partial charge in [0, 0.05) is 83.6 Å². The lowest BCUT2D eigenvalue weighted by atomic mass is 9.68. The molecule has 10 heteroatoms. The molecule has 0 heterocycles. The van der Waals surface area contributed by atoms with Crippen molar-refractivity contribution in [3.05, 3.63) is 539 Å². The van der Waals surface area contributed by atoms with Gasteiger partial charge in [0.15, 0.2) is 0 Å². The molecule has 0 fully saturated rings. The largest absolute Gasteiger partial charge is 0.495 e. The first-order chi connectivity index (χ1) is 66.0. The molecule has 0 amide bonds. The molecular weight excluding hydrogens is 1660 g/mol. The maximum atomic E-state index is 6.42. The lowest BCUT2D eigenvalue weighted by molar-refractivity contribution is 0.128. The molecule has 13 N–H and O–H groups in total. The number of nitrogen functional groups attached to an aromatic ring is 5. The van der Waals surface area contributed by atoms with Gasteiger partial charge in [-0.2, -0.15) is 0 Å². The lowest BCUT2D eigenvalue weighted by Crippen LogP contribution is -2.37. The van der Waals surface area contributed by atoms with Crippen LogP contribution in [0.4, 0.5) is 34.1 Å². The number of aryl methyl sites for hydroxylation is 3. The average molecular weight is 1790 g/mol. The Morgan fingerprint density at radius 3 is 1.21 bits per heavy atom. The molecule has 0 radical (unpaired) electrons. The summed E-state index contributed by atoms with van der Waals surface area (Å²) in [6.45, 7) is 21.8. The van der Waals surface area contributed by atoms with E-state index in [0.29, 0.717) is 11.4 Å². The molecule has 136 heavy (non-hydrogen) atoms. The minimum Gasteiger partial charge on any atom is -0.495 e. The van der Waals surface area contributed by atoms with Crippen LogP contribution < -0.4 is 49.4 Å². The van der Waals surface area contributed by atoms with Gasteiger partial charge in [-0.1, -0.05) is 403 Å². The van der Waals surface area contributed by atoms with Crippen molar-refractivity contribution in [2.75, 3.05) is 68.9 Å². The van der Waals surface area contributed by atoms with E-state index in [0.717, 1.165) is 93.1 Å². The van der Waals surface area contributed by atoms with Crippen LogP contribution in [0.2, 0.25) is 0 Å². The summed E-state index contributed by atoms with van der Waals surface area (Å²) < 4.78 is 11.2. The number of nitrogens with zero attached hydrogens (tertiary/aromatic N) is 1. The number of hydrogen-bond acceptors (Lipinski definition) is 10. The predicted octanol–water partition coefficient (Wildman–Crippen LogP) is 28.1. The van der Waals surface area contributed by atoms with Crippen LogP contribution in [0.5, 0.6) is 5.75 Å². The van der Waals surface area contributed by atoms with Crippen molar-refractivity contribution in [2.45, 2.75) is 95.7 Å². The highest BCUT2D eigenvalue weighted by Crippen LogP contribution is 2.47. The van der Waals surface area contributed by atoms with Crippen LogP contribution in [-0.4, -0.2) is 47.5 Å². The smallest absolute Gasteiger partial charge is 0.142 e. The molecule has 1 aliphatic carbocycles. The normalized spacial score (nSPS) is 13.8. The van der Waals surface area contributed by atoms with E-state index >= 15 is 0 Å². The highest BCUT2D eigenvalue weighted by molar-refractivity contribution is 5.83. The van der Waals surface area contributed by atoms with Crippen molar-refractivity contribution in [2.24, 2.45) is 5.73 Å². The minimum atomic E-state index is -0.455. The van der Waals surface area contributed by atoms with E-state index in [2.05, 4.69) is 370 Å². The third-order valence-corrected chi connectivity index (χ3v) is 25.9. The monoisotopic (exact) mass is 1790 g/mol. The number of anilines is 6. The molecule has 0 bridgehead atoms. The SMILES string of the molecule is C=C/C=C(\C=C)c1cc(Cc2ccc(N)c(-c3ccccc3)c2)ccc1N.CCc1cc(C(C)(c2ccc(-c3ccccc3)cc2)c2cc(C)c(N)c(CC)c2)ccc1N.CNCc1ccc(C(C)(c2ccc(-c3ccccc3)cc2)c2ccc(N(C)C)cc2)cc1.COc1cc(C(C)(C2=CC(OC)C(N)C=C2)c2ccc(-c3ccccc3)cc2)ccc1N.c1ccccc1.c1ccccc1. The molecule has 1 aliphatic rings. The molecule has 5 atom stereocenters. The molecule has 16 aromatic rings. The van der Waals surface area contributed by atoms with Gasteiger partial charge in [0.2, 0.25) is 0 Å². The van der Waals surface area contributed by atoms with E-state index in [1.165, 1.54) is 100 Å². The Balaban J connectivity index is 0.000000156. The second-order valence-corrected chi connectivity index (χ2v) is 34.8. The molecule has 10 nitrogen and oxygen atoms in total. The Morgan fingerprint density at radius 1 is 0.397 bits per heavy atom.